The quantitative estimate of drug-likeness (QED) is 0.698. The first-order valence-electron chi connectivity index (χ1n) is 6.28. The minimum atomic E-state index is 0.0416. The molecule has 2 N–H and O–H groups in total. The van der Waals surface area contributed by atoms with Crippen LogP contribution in [0.2, 0.25) is 0 Å². The van der Waals surface area contributed by atoms with Gasteiger partial charge in [-0.05, 0) is 19.5 Å². The highest BCUT2D eigenvalue weighted by molar-refractivity contribution is 5.77. The predicted octanol–water partition coefficient (Wildman–Crippen LogP) is -1.27. The second kappa shape index (κ2) is 6.46. The number of aryl methyl sites for hydroxylation is 1. The first kappa shape index (κ1) is 13.0. The molecule has 0 saturated carbocycles. The summed E-state index contributed by atoms with van der Waals surface area (Å²) in [6.07, 6.45) is 2.72. The molecule has 2 heterocycles. The van der Waals surface area contributed by atoms with E-state index >= 15 is 0 Å². The first-order valence-corrected chi connectivity index (χ1v) is 6.28. The molecule has 1 aromatic heterocycles. The second-order valence-electron chi connectivity index (χ2n) is 4.51. The van der Waals surface area contributed by atoms with E-state index in [1.54, 1.807) is 10.9 Å². The van der Waals surface area contributed by atoms with E-state index in [-0.39, 0.29) is 5.91 Å². The van der Waals surface area contributed by atoms with Crippen molar-refractivity contribution in [2.75, 3.05) is 32.7 Å². The summed E-state index contributed by atoms with van der Waals surface area (Å²) in [6.45, 7) is 4.79. The first-order chi connectivity index (χ1) is 8.75. The van der Waals surface area contributed by atoms with Crippen molar-refractivity contribution in [3.63, 3.8) is 0 Å². The Morgan fingerprint density at radius 1 is 1.50 bits per heavy atom. The van der Waals surface area contributed by atoms with E-state index in [1.807, 2.05) is 7.05 Å². The lowest BCUT2D eigenvalue weighted by atomic mass is 10.4. The second-order valence-corrected chi connectivity index (χ2v) is 4.51. The molecule has 1 amide bonds. The maximum atomic E-state index is 11.8. The normalized spacial score (nSPS) is 17.4. The van der Waals surface area contributed by atoms with Crippen LogP contribution in [0.5, 0.6) is 0 Å². The van der Waals surface area contributed by atoms with Gasteiger partial charge in [-0.3, -0.25) is 9.69 Å². The Bertz CT molecular complexity index is 383. The van der Waals surface area contributed by atoms with Crippen molar-refractivity contribution in [3.05, 3.63) is 12.2 Å². The summed E-state index contributed by atoms with van der Waals surface area (Å²) < 4.78 is 1.80. The van der Waals surface area contributed by atoms with E-state index in [0.29, 0.717) is 13.1 Å². The lowest BCUT2D eigenvalue weighted by Gasteiger charge is -2.18. The molecule has 1 aliphatic heterocycles. The van der Waals surface area contributed by atoms with Gasteiger partial charge in [0.05, 0.1) is 13.1 Å². The minimum absolute atomic E-state index is 0.0416. The third-order valence-corrected chi connectivity index (χ3v) is 3.05. The number of carbonyl (C=O) groups excluding carboxylic acids is 1. The number of rotatable bonds is 4. The van der Waals surface area contributed by atoms with Crippen LogP contribution < -0.4 is 10.6 Å². The summed E-state index contributed by atoms with van der Waals surface area (Å²) in [5.41, 5.74) is 0. The van der Waals surface area contributed by atoms with Crippen LogP contribution in [0, 0.1) is 0 Å². The average molecular weight is 252 g/mol. The molecule has 0 radical (unpaired) electrons. The molecule has 0 bridgehead atoms. The summed E-state index contributed by atoms with van der Waals surface area (Å²) in [6, 6.07) is 0. The Balaban J connectivity index is 1.73. The molecular formula is C11H20N6O. The molecule has 100 valence electrons. The fourth-order valence-electron chi connectivity index (χ4n) is 1.96. The van der Waals surface area contributed by atoms with Crippen molar-refractivity contribution >= 4 is 5.91 Å². The highest BCUT2D eigenvalue weighted by atomic mass is 16.2. The maximum Gasteiger partial charge on any atom is 0.234 e. The predicted molar refractivity (Wildman–Crippen MR) is 66.8 cm³/mol. The number of nitrogens with one attached hydrogen (secondary N) is 2. The fraction of sp³-hybridized carbons (Fsp3) is 0.727. The van der Waals surface area contributed by atoms with Crippen molar-refractivity contribution in [1.82, 2.24) is 30.3 Å². The number of hydrogen-bond donors (Lipinski definition) is 2. The highest BCUT2D eigenvalue weighted by Gasteiger charge is 2.12. The molecule has 0 aliphatic carbocycles. The van der Waals surface area contributed by atoms with E-state index < -0.39 is 0 Å². The zero-order valence-corrected chi connectivity index (χ0v) is 10.7. The largest absolute Gasteiger partial charge is 0.348 e. The van der Waals surface area contributed by atoms with Gasteiger partial charge in [0, 0.05) is 20.1 Å². The summed E-state index contributed by atoms with van der Waals surface area (Å²) in [7, 11) is 1.86. The Hall–Kier alpha value is -1.47. The lowest BCUT2D eigenvalue weighted by molar-refractivity contribution is -0.122. The van der Waals surface area contributed by atoms with E-state index in [9.17, 15) is 4.79 Å². The molecular weight excluding hydrogens is 232 g/mol. The van der Waals surface area contributed by atoms with Gasteiger partial charge in [-0.2, -0.15) is 0 Å². The van der Waals surface area contributed by atoms with Gasteiger partial charge in [0.25, 0.3) is 0 Å². The smallest absolute Gasteiger partial charge is 0.234 e. The summed E-state index contributed by atoms with van der Waals surface area (Å²) in [5, 5.41) is 13.9. The molecule has 0 spiro atoms. The van der Waals surface area contributed by atoms with Crippen molar-refractivity contribution in [2.45, 2.75) is 13.0 Å². The van der Waals surface area contributed by atoms with Crippen molar-refractivity contribution < 1.29 is 4.79 Å². The molecule has 7 nitrogen and oxygen atoms in total. The summed E-state index contributed by atoms with van der Waals surface area (Å²) in [4.78, 5) is 14.0. The van der Waals surface area contributed by atoms with Crippen LogP contribution in [0.4, 0.5) is 0 Å². The lowest BCUT2D eigenvalue weighted by Crippen LogP contribution is -2.38. The molecule has 1 aromatic rings. The van der Waals surface area contributed by atoms with Gasteiger partial charge in [0.15, 0.2) is 5.82 Å². The van der Waals surface area contributed by atoms with E-state index in [1.165, 1.54) is 0 Å². The SMILES string of the molecule is Cn1cnnc1CNC(=O)CN1CCCNCC1. The fourth-order valence-corrected chi connectivity index (χ4v) is 1.96. The number of amides is 1. The average Bonchev–Trinajstić information content (AvgIpc) is 2.61. The van der Waals surface area contributed by atoms with Gasteiger partial charge >= 0.3 is 0 Å². The van der Waals surface area contributed by atoms with Crippen LogP contribution in [-0.2, 0) is 18.4 Å². The van der Waals surface area contributed by atoms with Crippen LogP contribution in [0.25, 0.3) is 0 Å². The van der Waals surface area contributed by atoms with Crippen LogP contribution in [0.3, 0.4) is 0 Å². The summed E-state index contributed by atoms with van der Waals surface area (Å²) >= 11 is 0. The third-order valence-electron chi connectivity index (χ3n) is 3.05. The number of aromatic nitrogens is 3. The van der Waals surface area contributed by atoms with Crippen LogP contribution in [-0.4, -0.2) is 58.3 Å². The molecule has 18 heavy (non-hydrogen) atoms. The Kier molecular flexibility index (Phi) is 4.66. The minimum Gasteiger partial charge on any atom is -0.348 e. The molecule has 0 unspecified atom stereocenters. The van der Waals surface area contributed by atoms with Crippen LogP contribution in [0.15, 0.2) is 6.33 Å². The Labute approximate surface area is 107 Å². The molecule has 2 rings (SSSR count). The van der Waals surface area contributed by atoms with Gasteiger partial charge in [0.2, 0.25) is 5.91 Å². The Morgan fingerprint density at radius 2 is 2.39 bits per heavy atom. The zero-order chi connectivity index (χ0) is 12.8. The number of nitrogens with zero attached hydrogens (tertiary/aromatic N) is 4. The van der Waals surface area contributed by atoms with Gasteiger partial charge in [-0.1, -0.05) is 0 Å². The van der Waals surface area contributed by atoms with Crippen molar-refractivity contribution in [2.24, 2.45) is 7.05 Å². The molecule has 1 saturated heterocycles. The van der Waals surface area contributed by atoms with E-state index in [4.69, 9.17) is 0 Å². The van der Waals surface area contributed by atoms with Crippen molar-refractivity contribution in [3.8, 4) is 0 Å². The molecule has 0 aromatic carbocycles. The van der Waals surface area contributed by atoms with E-state index in [2.05, 4.69) is 25.7 Å². The number of carbonyl (C=O) groups is 1. The topological polar surface area (TPSA) is 75.1 Å². The maximum absolute atomic E-state index is 11.8. The molecule has 1 fully saturated rings. The van der Waals surface area contributed by atoms with Gasteiger partial charge < -0.3 is 15.2 Å². The van der Waals surface area contributed by atoms with E-state index in [0.717, 1.165) is 38.4 Å². The van der Waals surface area contributed by atoms with Crippen LogP contribution in [0.1, 0.15) is 12.2 Å². The third kappa shape index (κ3) is 3.78. The van der Waals surface area contributed by atoms with Gasteiger partial charge in [-0.15, -0.1) is 10.2 Å². The van der Waals surface area contributed by atoms with Crippen LogP contribution >= 0.6 is 0 Å². The van der Waals surface area contributed by atoms with Gasteiger partial charge in [-0.25, -0.2) is 0 Å². The standard InChI is InChI=1S/C11H20N6O/c1-16-9-14-15-10(16)7-13-11(18)8-17-5-2-3-12-4-6-17/h9,12H,2-8H2,1H3,(H,13,18). The molecule has 0 atom stereocenters. The molecule has 1 aliphatic rings. The highest BCUT2D eigenvalue weighted by Crippen LogP contribution is 1.95. The monoisotopic (exact) mass is 252 g/mol. The zero-order valence-electron chi connectivity index (χ0n) is 10.7. The van der Waals surface area contributed by atoms with Gasteiger partial charge in [0.1, 0.15) is 6.33 Å². The molecule has 7 heteroatoms. The Morgan fingerprint density at radius 3 is 3.17 bits per heavy atom. The summed E-state index contributed by atoms with van der Waals surface area (Å²) in [5.74, 6) is 0.806. The number of hydrogen-bond acceptors (Lipinski definition) is 5. The van der Waals surface area contributed by atoms with Crippen molar-refractivity contribution in [1.29, 1.82) is 0 Å².